The van der Waals surface area contributed by atoms with E-state index >= 15 is 0 Å². The Bertz CT molecular complexity index is 1390. The number of unbranched alkanes of at least 4 members (excludes halogenated alkanes) is 13. The largest absolute Gasteiger partial charge is 0.463 e. The van der Waals surface area contributed by atoms with Crippen LogP contribution < -0.4 is 0 Å². The minimum Gasteiger partial charge on any atom is -0.463 e. The third kappa shape index (κ3) is 13.5. The molecule has 0 aromatic rings. The molecule has 1 aliphatic heterocycles. The maximum Gasteiger partial charge on any atom is 0.305 e. The maximum atomic E-state index is 12.6. The predicted octanol–water partition coefficient (Wildman–Crippen LogP) is 12.6. The number of fused-ring (bicyclic) bond motifs is 5. The second-order valence-corrected chi connectivity index (χ2v) is 21.6. The molecule has 5 rings (SSSR count). The minimum absolute atomic E-state index is 0.150. The molecule has 7 heteroatoms. The highest BCUT2D eigenvalue weighted by atomic mass is 16.7. The van der Waals surface area contributed by atoms with Crippen molar-refractivity contribution < 1.29 is 34.3 Å². The van der Waals surface area contributed by atoms with Gasteiger partial charge in [0.2, 0.25) is 0 Å². The van der Waals surface area contributed by atoms with Crippen molar-refractivity contribution in [2.45, 2.75) is 239 Å². The van der Waals surface area contributed by atoms with Crippen LogP contribution in [0.3, 0.4) is 0 Å². The molecule has 3 saturated carbocycles. The van der Waals surface area contributed by atoms with Crippen molar-refractivity contribution in [3.8, 4) is 0 Å². The van der Waals surface area contributed by atoms with E-state index in [0.717, 1.165) is 62.7 Å². The molecule has 7 nitrogen and oxygen atoms in total. The van der Waals surface area contributed by atoms with Gasteiger partial charge in [0.1, 0.15) is 31.0 Å². The average molecular weight is 853 g/mol. The van der Waals surface area contributed by atoms with Crippen LogP contribution >= 0.6 is 0 Å². The summed E-state index contributed by atoms with van der Waals surface area (Å²) in [7, 11) is 0. The molecule has 61 heavy (non-hydrogen) atoms. The number of carbonyl (C=O) groups is 1. The van der Waals surface area contributed by atoms with Crippen LogP contribution in [0.2, 0.25) is 0 Å². The molecular formula is C54H92O7. The van der Waals surface area contributed by atoms with E-state index in [2.05, 4.69) is 78.8 Å². The molecule has 14 unspecified atom stereocenters. The van der Waals surface area contributed by atoms with Crippen LogP contribution in [-0.2, 0) is 19.0 Å². The first kappa shape index (κ1) is 50.5. The normalized spacial score (nSPS) is 36.1. The molecule has 4 aliphatic carbocycles. The SMILES string of the molecule is CCCCCCCC/C=C\CCCCCCCCCC(=O)OCC1OC(OC2CCC3(C)C(=CCC4C3CCC3(C)C(C(C)/C=C/C(C)C(C)C)CCC43)C2)C(O)C(O)C1O. The first-order valence-electron chi connectivity index (χ1n) is 25.8. The number of aliphatic hydroxyl groups excluding tert-OH is 3. The van der Waals surface area contributed by atoms with Crippen LogP contribution in [0, 0.1) is 52.3 Å². The summed E-state index contributed by atoms with van der Waals surface area (Å²) in [5.74, 6) is 4.54. The van der Waals surface area contributed by atoms with Crippen molar-refractivity contribution in [3.63, 3.8) is 0 Å². The fourth-order valence-corrected chi connectivity index (χ4v) is 12.7. The van der Waals surface area contributed by atoms with Gasteiger partial charge in [0, 0.05) is 6.42 Å². The number of hydrogen-bond acceptors (Lipinski definition) is 7. The molecule has 3 N–H and O–H groups in total. The molecule has 4 fully saturated rings. The molecule has 0 bridgehead atoms. The summed E-state index contributed by atoms with van der Waals surface area (Å²) in [6.45, 7) is 16.7. The number of aliphatic hydroxyl groups is 3. The Morgan fingerprint density at radius 2 is 1.44 bits per heavy atom. The van der Waals surface area contributed by atoms with Gasteiger partial charge in [-0.25, -0.2) is 0 Å². The molecule has 0 aromatic carbocycles. The summed E-state index contributed by atoms with van der Waals surface area (Å²) >= 11 is 0. The lowest BCUT2D eigenvalue weighted by atomic mass is 9.47. The molecular weight excluding hydrogens is 761 g/mol. The summed E-state index contributed by atoms with van der Waals surface area (Å²) in [6, 6.07) is 0. The molecule has 1 saturated heterocycles. The standard InChI is InChI=1S/C54H92O7/c1-8-9-10-11-12-13-14-15-16-17-18-19-20-21-22-23-24-25-48(55)59-37-47-49(56)50(57)51(58)52(61-47)60-42-32-34-53(6)41(36-42)28-29-43-45-31-30-44(54(45,7)35-33-46(43)53)40(5)27-26-39(4)38(2)3/h15-16,26-28,38-40,42-47,49-52,56-58H,8-14,17-25,29-37H2,1-7H3/b16-15-,27-26+. The summed E-state index contributed by atoms with van der Waals surface area (Å²) in [4.78, 5) is 12.6. The van der Waals surface area contributed by atoms with Gasteiger partial charge >= 0.3 is 5.97 Å². The van der Waals surface area contributed by atoms with Crippen molar-refractivity contribution in [2.24, 2.45) is 52.3 Å². The van der Waals surface area contributed by atoms with E-state index in [1.165, 1.54) is 108 Å². The molecule has 1 heterocycles. The number of allylic oxidation sites excluding steroid dienone is 5. The summed E-state index contributed by atoms with van der Waals surface area (Å²) < 4.78 is 18.0. The van der Waals surface area contributed by atoms with Crippen molar-refractivity contribution in [2.75, 3.05) is 6.61 Å². The van der Waals surface area contributed by atoms with Crippen LogP contribution in [-0.4, -0.2) is 64.7 Å². The molecule has 350 valence electrons. The van der Waals surface area contributed by atoms with Crippen LogP contribution in [0.4, 0.5) is 0 Å². The Balaban J connectivity index is 0.994. The van der Waals surface area contributed by atoms with Gasteiger partial charge in [0.25, 0.3) is 0 Å². The second-order valence-electron chi connectivity index (χ2n) is 21.6. The lowest BCUT2D eigenvalue weighted by molar-refractivity contribution is -0.313. The van der Waals surface area contributed by atoms with Gasteiger partial charge in [-0.05, 0) is 136 Å². The van der Waals surface area contributed by atoms with E-state index in [1.807, 2.05) is 0 Å². The van der Waals surface area contributed by atoms with E-state index in [1.54, 1.807) is 0 Å². The number of hydrogen-bond donors (Lipinski definition) is 3. The fraction of sp³-hybridized carbons (Fsp3) is 0.870. The van der Waals surface area contributed by atoms with Gasteiger partial charge in [-0.1, -0.05) is 149 Å². The van der Waals surface area contributed by atoms with Crippen molar-refractivity contribution in [1.29, 1.82) is 0 Å². The number of rotatable bonds is 25. The van der Waals surface area contributed by atoms with Crippen molar-refractivity contribution in [3.05, 3.63) is 36.0 Å². The van der Waals surface area contributed by atoms with Crippen LogP contribution in [0.15, 0.2) is 36.0 Å². The van der Waals surface area contributed by atoms with Crippen LogP contribution in [0.1, 0.15) is 203 Å². The predicted molar refractivity (Wildman–Crippen MR) is 249 cm³/mol. The van der Waals surface area contributed by atoms with E-state index < -0.39 is 30.7 Å². The Morgan fingerprint density at radius 1 is 0.787 bits per heavy atom. The third-order valence-electron chi connectivity index (χ3n) is 17.1. The highest BCUT2D eigenvalue weighted by Gasteiger charge is 2.59. The summed E-state index contributed by atoms with van der Waals surface area (Å²) in [5, 5.41) is 32.5. The van der Waals surface area contributed by atoms with Gasteiger partial charge in [-0.2, -0.15) is 0 Å². The Hall–Kier alpha value is -1.51. The number of esters is 1. The average Bonchev–Trinajstić information content (AvgIpc) is 3.60. The number of ether oxygens (including phenoxy) is 3. The van der Waals surface area contributed by atoms with Gasteiger partial charge in [-0.15, -0.1) is 0 Å². The Morgan fingerprint density at radius 3 is 2.11 bits per heavy atom. The van der Waals surface area contributed by atoms with E-state index in [9.17, 15) is 20.1 Å². The number of carbonyl (C=O) groups excluding carboxylic acids is 1. The lowest BCUT2D eigenvalue weighted by Gasteiger charge is -2.58. The quantitative estimate of drug-likeness (QED) is 0.0477. The Kier molecular flexibility index (Phi) is 20.4. The first-order valence-corrected chi connectivity index (χ1v) is 25.8. The molecule has 14 atom stereocenters. The van der Waals surface area contributed by atoms with Crippen LogP contribution in [0.5, 0.6) is 0 Å². The minimum atomic E-state index is -1.45. The second kappa shape index (κ2) is 24.7. The zero-order chi connectivity index (χ0) is 44.0. The van der Waals surface area contributed by atoms with Gasteiger partial charge in [0.15, 0.2) is 6.29 Å². The smallest absolute Gasteiger partial charge is 0.305 e. The molecule has 5 aliphatic rings. The van der Waals surface area contributed by atoms with Gasteiger partial charge in [0.05, 0.1) is 6.10 Å². The highest BCUT2D eigenvalue weighted by Crippen LogP contribution is 2.67. The zero-order valence-electron chi connectivity index (χ0n) is 40.0. The maximum absolute atomic E-state index is 12.6. The van der Waals surface area contributed by atoms with E-state index in [4.69, 9.17) is 14.2 Å². The third-order valence-corrected chi connectivity index (χ3v) is 17.1. The Labute approximate surface area is 373 Å². The lowest BCUT2D eigenvalue weighted by Crippen LogP contribution is -2.60. The van der Waals surface area contributed by atoms with E-state index in [-0.39, 0.29) is 24.1 Å². The monoisotopic (exact) mass is 853 g/mol. The summed E-state index contributed by atoms with van der Waals surface area (Å²) in [6.07, 6.45) is 33.7. The summed E-state index contributed by atoms with van der Waals surface area (Å²) in [5.41, 5.74) is 2.05. The topological polar surface area (TPSA) is 105 Å². The van der Waals surface area contributed by atoms with Crippen molar-refractivity contribution in [1.82, 2.24) is 0 Å². The van der Waals surface area contributed by atoms with Gasteiger partial charge < -0.3 is 29.5 Å². The fourth-order valence-electron chi connectivity index (χ4n) is 12.7. The van der Waals surface area contributed by atoms with Gasteiger partial charge in [-0.3, -0.25) is 4.79 Å². The molecule has 0 spiro atoms. The van der Waals surface area contributed by atoms with Crippen molar-refractivity contribution >= 4 is 5.97 Å². The molecule has 0 aromatic heterocycles. The molecule has 0 amide bonds. The molecule has 0 radical (unpaired) electrons. The highest BCUT2D eigenvalue weighted by molar-refractivity contribution is 5.69. The first-order chi connectivity index (χ1) is 29.3. The van der Waals surface area contributed by atoms with Crippen LogP contribution in [0.25, 0.3) is 0 Å². The zero-order valence-corrected chi connectivity index (χ0v) is 40.0. The van der Waals surface area contributed by atoms with E-state index in [0.29, 0.717) is 35.5 Å².